The Morgan fingerprint density at radius 3 is 2.65 bits per heavy atom. The van der Waals surface area contributed by atoms with E-state index in [2.05, 4.69) is 18.8 Å². The number of hydrogen-bond acceptors (Lipinski definition) is 3. The van der Waals surface area contributed by atoms with Crippen LogP contribution in [-0.4, -0.2) is 35.4 Å². The van der Waals surface area contributed by atoms with Gasteiger partial charge in [-0.15, -0.1) is 0 Å². The smallest absolute Gasteiger partial charge is 0.272 e. The van der Waals surface area contributed by atoms with Gasteiger partial charge in [-0.3, -0.25) is 9.78 Å². The summed E-state index contributed by atoms with van der Waals surface area (Å²) in [4.78, 5) is 18.1. The summed E-state index contributed by atoms with van der Waals surface area (Å²) in [6.07, 6.45) is 1.63. The summed E-state index contributed by atoms with van der Waals surface area (Å²) in [5.41, 5.74) is 6.11. The fourth-order valence-corrected chi connectivity index (χ4v) is 1.56. The van der Waals surface area contributed by atoms with E-state index in [1.807, 2.05) is 13.0 Å². The van der Waals surface area contributed by atoms with Crippen molar-refractivity contribution in [3.8, 4) is 0 Å². The monoisotopic (exact) mass is 235 g/mol. The number of amides is 1. The molecule has 0 aliphatic rings. The Morgan fingerprint density at radius 2 is 2.18 bits per heavy atom. The first kappa shape index (κ1) is 13.6. The van der Waals surface area contributed by atoms with Crippen molar-refractivity contribution in [3.05, 3.63) is 30.1 Å². The molecule has 0 aromatic carbocycles. The highest BCUT2D eigenvalue weighted by molar-refractivity contribution is 5.92. The maximum Gasteiger partial charge on any atom is 0.272 e. The van der Waals surface area contributed by atoms with E-state index in [0.29, 0.717) is 25.3 Å². The predicted octanol–water partition coefficient (Wildman–Crippen LogP) is 1.53. The predicted molar refractivity (Wildman–Crippen MR) is 68.6 cm³/mol. The van der Waals surface area contributed by atoms with Crippen LogP contribution in [0.4, 0.5) is 0 Å². The van der Waals surface area contributed by atoms with E-state index in [1.54, 1.807) is 23.2 Å². The Balaban J connectivity index is 2.78. The largest absolute Gasteiger partial charge is 0.337 e. The summed E-state index contributed by atoms with van der Waals surface area (Å²) in [6.45, 7) is 7.95. The van der Waals surface area contributed by atoms with Gasteiger partial charge >= 0.3 is 0 Å². The van der Waals surface area contributed by atoms with Crippen LogP contribution in [0.1, 0.15) is 31.3 Å². The summed E-state index contributed by atoms with van der Waals surface area (Å²) in [5.74, 6) is -0.0328. The zero-order valence-corrected chi connectivity index (χ0v) is 10.8. The molecular weight excluding hydrogens is 214 g/mol. The van der Waals surface area contributed by atoms with Gasteiger partial charge in [-0.2, -0.15) is 0 Å². The second-order valence-corrected chi connectivity index (χ2v) is 4.90. The molecule has 0 saturated heterocycles. The molecule has 4 heteroatoms. The molecule has 0 saturated carbocycles. The summed E-state index contributed by atoms with van der Waals surface area (Å²) < 4.78 is 0. The second-order valence-electron chi connectivity index (χ2n) is 4.90. The van der Waals surface area contributed by atoms with E-state index in [4.69, 9.17) is 5.73 Å². The van der Waals surface area contributed by atoms with Gasteiger partial charge in [0.2, 0.25) is 0 Å². The van der Waals surface area contributed by atoms with Gasteiger partial charge in [-0.1, -0.05) is 19.9 Å². The molecule has 0 unspecified atom stereocenters. The van der Waals surface area contributed by atoms with Crippen LogP contribution in [0.2, 0.25) is 0 Å². The molecule has 0 atom stereocenters. The molecule has 94 valence electrons. The summed E-state index contributed by atoms with van der Waals surface area (Å²) in [5, 5.41) is 0. The Labute approximate surface area is 103 Å². The lowest BCUT2D eigenvalue weighted by Gasteiger charge is -2.30. The first-order valence-corrected chi connectivity index (χ1v) is 5.90. The average molecular weight is 235 g/mol. The topological polar surface area (TPSA) is 59.2 Å². The fourth-order valence-electron chi connectivity index (χ4n) is 1.56. The first-order valence-electron chi connectivity index (χ1n) is 5.90. The lowest BCUT2D eigenvalue weighted by molar-refractivity contribution is 0.0695. The quantitative estimate of drug-likeness (QED) is 0.842. The molecule has 0 spiro atoms. The lowest BCUT2D eigenvalue weighted by Crippen LogP contribution is -2.42. The van der Waals surface area contributed by atoms with Gasteiger partial charge in [-0.05, 0) is 31.0 Å². The number of pyridine rings is 1. The van der Waals surface area contributed by atoms with Gasteiger partial charge < -0.3 is 10.6 Å². The van der Waals surface area contributed by atoms with E-state index >= 15 is 0 Å². The highest BCUT2D eigenvalue weighted by atomic mass is 16.2. The van der Waals surface area contributed by atoms with E-state index < -0.39 is 0 Å². The van der Waals surface area contributed by atoms with Crippen molar-refractivity contribution in [3.63, 3.8) is 0 Å². The van der Waals surface area contributed by atoms with Crippen LogP contribution in [-0.2, 0) is 0 Å². The average Bonchev–Trinajstić information content (AvgIpc) is 2.36. The van der Waals surface area contributed by atoms with E-state index in [9.17, 15) is 4.79 Å². The standard InChI is InChI=1S/C13H21N3O/c1-4-16(10-13(2,3)9-14)12(17)11-7-5-6-8-15-11/h5-8H,4,9-10,14H2,1-3H3. The van der Waals surface area contributed by atoms with Crippen molar-refractivity contribution in [1.29, 1.82) is 0 Å². The number of aromatic nitrogens is 1. The van der Waals surface area contributed by atoms with Crippen LogP contribution in [0.3, 0.4) is 0 Å². The van der Waals surface area contributed by atoms with Gasteiger partial charge in [0.15, 0.2) is 0 Å². The van der Waals surface area contributed by atoms with Crippen molar-refractivity contribution in [1.82, 2.24) is 9.88 Å². The van der Waals surface area contributed by atoms with E-state index in [-0.39, 0.29) is 11.3 Å². The fraction of sp³-hybridized carbons (Fsp3) is 0.538. The number of nitrogens with zero attached hydrogens (tertiary/aromatic N) is 2. The molecule has 1 aromatic rings. The molecule has 0 bridgehead atoms. The van der Waals surface area contributed by atoms with Crippen LogP contribution in [0.15, 0.2) is 24.4 Å². The highest BCUT2D eigenvalue weighted by Crippen LogP contribution is 2.16. The third-order valence-corrected chi connectivity index (χ3v) is 2.72. The number of carbonyl (C=O) groups excluding carboxylic acids is 1. The van der Waals surface area contributed by atoms with Gasteiger partial charge in [0.25, 0.3) is 5.91 Å². The molecule has 2 N–H and O–H groups in total. The van der Waals surface area contributed by atoms with Gasteiger partial charge in [0.05, 0.1) is 0 Å². The number of rotatable bonds is 5. The third kappa shape index (κ3) is 3.82. The molecule has 4 nitrogen and oxygen atoms in total. The normalized spacial score (nSPS) is 11.3. The molecule has 0 radical (unpaired) electrons. The SMILES string of the molecule is CCN(CC(C)(C)CN)C(=O)c1ccccn1. The van der Waals surface area contributed by atoms with Crippen LogP contribution < -0.4 is 5.73 Å². The Hall–Kier alpha value is -1.42. The summed E-state index contributed by atoms with van der Waals surface area (Å²) >= 11 is 0. The molecule has 1 heterocycles. The van der Waals surface area contributed by atoms with Crippen LogP contribution in [0.5, 0.6) is 0 Å². The summed E-state index contributed by atoms with van der Waals surface area (Å²) in [7, 11) is 0. The zero-order chi connectivity index (χ0) is 12.9. The molecule has 1 rings (SSSR count). The van der Waals surface area contributed by atoms with Crippen LogP contribution in [0.25, 0.3) is 0 Å². The van der Waals surface area contributed by atoms with Crippen molar-refractivity contribution in [2.75, 3.05) is 19.6 Å². The molecular formula is C13H21N3O. The van der Waals surface area contributed by atoms with Crippen molar-refractivity contribution in [2.45, 2.75) is 20.8 Å². The van der Waals surface area contributed by atoms with E-state index in [1.165, 1.54) is 0 Å². The lowest BCUT2D eigenvalue weighted by atomic mass is 9.93. The number of nitrogens with two attached hydrogens (primary N) is 1. The van der Waals surface area contributed by atoms with E-state index in [0.717, 1.165) is 0 Å². The van der Waals surface area contributed by atoms with Gasteiger partial charge in [0.1, 0.15) is 5.69 Å². The first-order chi connectivity index (χ1) is 8.00. The van der Waals surface area contributed by atoms with Crippen molar-refractivity contribution < 1.29 is 4.79 Å². The Kier molecular flexibility index (Phi) is 4.63. The molecule has 0 fully saturated rings. The maximum absolute atomic E-state index is 12.2. The Morgan fingerprint density at radius 1 is 1.47 bits per heavy atom. The molecule has 17 heavy (non-hydrogen) atoms. The van der Waals surface area contributed by atoms with Crippen molar-refractivity contribution >= 4 is 5.91 Å². The minimum atomic E-state index is -0.0690. The number of hydrogen-bond donors (Lipinski definition) is 1. The molecule has 1 amide bonds. The van der Waals surface area contributed by atoms with Crippen molar-refractivity contribution in [2.24, 2.45) is 11.1 Å². The maximum atomic E-state index is 12.2. The molecule has 0 aliphatic heterocycles. The van der Waals surface area contributed by atoms with Crippen LogP contribution >= 0.6 is 0 Å². The summed E-state index contributed by atoms with van der Waals surface area (Å²) in [6, 6.07) is 5.36. The minimum Gasteiger partial charge on any atom is -0.337 e. The zero-order valence-electron chi connectivity index (χ0n) is 10.8. The third-order valence-electron chi connectivity index (χ3n) is 2.72. The molecule has 1 aromatic heterocycles. The number of carbonyl (C=O) groups is 1. The second kappa shape index (κ2) is 5.77. The Bertz CT molecular complexity index is 362. The highest BCUT2D eigenvalue weighted by Gasteiger charge is 2.23. The van der Waals surface area contributed by atoms with Gasteiger partial charge in [-0.25, -0.2) is 0 Å². The minimum absolute atomic E-state index is 0.0328. The van der Waals surface area contributed by atoms with Crippen LogP contribution in [0, 0.1) is 5.41 Å². The molecule has 0 aliphatic carbocycles. The van der Waals surface area contributed by atoms with Gasteiger partial charge in [0, 0.05) is 19.3 Å².